The predicted octanol–water partition coefficient (Wildman–Crippen LogP) is 3.34. The Kier molecular flexibility index (Phi) is 3.20. The Morgan fingerprint density at radius 3 is 2.52 bits per heavy atom. The van der Waals surface area contributed by atoms with Gasteiger partial charge in [0.25, 0.3) is 0 Å². The Morgan fingerprint density at radius 2 is 1.90 bits per heavy atom. The molecule has 0 amide bonds. The molecule has 5 nitrogen and oxygen atoms in total. The lowest BCUT2D eigenvalue weighted by Crippen LogP contribution is -2.28. The zero-order valence-electron chi connectivity index (χ0n) is 12.8. The van der Waals surface area contributed by atoms with Crippen LogP contribution >= 0.6 is 0 Å². The molecule has 2 heterocycles. The molecule has 0 saturated carbocycles. The fourth-order valence-corrected chi connectivity index (χ4v) is 2.49. The van der Waals surface area contributed by atoms with Gasteiger partial charge in [0.1, 0.15) is 12.1 Å². The number of methoxy groups -OCH3 is 1. The second-order valence-electron chi connectivity index (χ2n) is 6.27. The average molecular weight is 284 g/mol. The highest BCUT2D eigenvalue weighted by Crippen LogP contribution is 2.38. The number of ether oxygens (including phenoxy) is 1. The predicted molar refractivity (Wildman–Crippen MR) is 83.1 cm³/mol. The first-order valence-corrected chi connectivity index (χ1v) is 7.02. The Morgan fingerprint density at radius 1 is 1.19 bits per heavy atom. The summed E-state index contributed by atoms with van der Waals surface area (Å²) < 4.78 is 7.15. The molecule has 110 valence electrons. The summed E-state index contributed by atoms with van der Waals surface area (Å²) in [6, 6.07) is 8.17. The van der Waals surface area contributed by atoms with Crippen molar-refractivity contribution in [1.82, 2.24) is 14.8 Å². The molecule has 0 aliphatic carbocycles. The van der Waals surface area contributed by atoms with Crippen LogP contribution in [-0.2, 0) is 0 Å². The van der Waals surface area contributed by atoms with Crippen molar-refractivity contribution in [2.45, 2.75) is 26.8 Å². The van der Waals surface area contributed by atoms with Crippen molar-refractivity contribution >= 4 is 11.6 Å². The topological polar surface area (TPSA) is 52.0 Å². The number of fused-ring (bicyclic) bond motifs is 1. The molecule has 5 heteroatoms. The molecule has 1 N–H and O–H groups in total. The van der Waals surface area contributed by atoms with Crippen LogP contribution in [-0.4, -0.2) is 21.9 Å². The number of rotatable bonds is 2. The van der Waals surface area contributed by atoms with Crippen molar-refractivity contribution in [3.05, 3.63) is 42.2 Å². The maximum Gasteiger partial charge on any atom is 0.226 e. The minimum absolute atomic E-state index is 0.0578. The molecule has 0 bridgehead atoms. The highest BCUT2D eigenvalue weighted by Gasteiger charge is 2.31. The number of nitrogens with zero attached hydrogens (tertiary/aromatic N) is 3. The van der Waals surface area contributed by atoms with Crippen LogP contribution in [0.3, 0.4) is 0 Å². The van der Waals surface area contributed by atoms with Crippen LogP contribution in [0.25, 0.3) is 5.70 Å². The summed E-state index contributed by atoms with van der Waals surface area (Å²) in [5.41, 5.74) is 2.22. The third-order valence-corrected chi connectivity index (χ3v) is 3.70. The van der Waals surface area contributed by atoms with E-state index in [9.17, 15) is 0 Å². The zero-order valence-corrected chi connectivity index (χ0v) is 12.8. The van der Waals surface area contributed by atoms with Crippen molar-refractivity contribution in [1.29, 1.82) is 0 Å². The molecule has 3 rings (SSSR count). The Hall–Kier alpha value is -2.30. The second-order valence-corrected chi connectivity index (χ2v) is 6.27. The lowest BCUT2D eigenvalue weighted by molar-refractivity contribution is 0.274. The first-order valence-electron chi connectivity index (χ1n) is 7.02. The number of nitrogens with one attached hydrogen (secondary N) is 1. The zero-order chi connectivity index (χ0) is 15.0. The lowest BCUT2D eigenvalue weighted by Gasteiger charge is -2.33. The highest BCUT2D eigenvalue weighted by atomic mass is 16.5. The quantitative estimate of drug-likeness (QED) is 0.919. The normalized spacial score (nSPS) is 17.7. The minimum Gasteiger partial charge on any atom is -0.497 e. The average Bonchev–Trinajstić information content (AvgIpc) is 2.93. The summed E-state index contributed by atoms with van der Waals surface area (Å²) >= 11 is 0. The van der Waals surface area contributed by atoms with Gasteiger partial charge >= 0.3 is 0 Å². The van der Waals surface area contributed by atoms with Crippen LogP contribution in [0.1, 0.15) is 32.4 Å². The Balaban J connectivity index is 2.01. The van der Waals surface area contributed by atoms with Gasteiger partial charge in [-0.1, -0.05) is 20.8 Å². The van der Waals surface area contributed by atoms with Gasteiger partial charge in [0, 0.05) is 5.70 Å². The summed E-state index contributed by atoms with van der Waals surface area (Å²) in [6.07, 6.45) is 3.80. The monoisotopic (exact) mass is 284 g/mol. The molecule has 1 atom stereocenters. The van der Waals surface area contributed by atoms with E-state index in [1.165, 1.54) is 0 Å². The van der Waals surface area contributed by atoms with Gasteiger partial charge in [0.15, 0.2) is 0 Å². The molecule has 0 saturated heterocycles. The highest BCUT2D eigenvalue weighted by molar-refractivity contribution is 5.76. The number of aromatic nitrogens is 3. The molecule has 2 aromatic rings. The largest absolute Gasteiger partial charge is 0.497 e. The van der Waals surface area contributed by atoms with Crippen molar-refractivity contribution in [2.24, 2.45) is 5.41 Å². The molecule has 21 heavy (non-hydrogen) atoms. The van der Waals surface area contributed by atoms with Gasteiger partial charge < -0.3 is 10.1 Å². The molecule has 0 radical (unpaired) electrons. The lowest BCUT2D eigenvalue weighted by atomic mass is 9.85. The third-order valence-electron chi connectivity index (χ3n) is 3.70. The summed E-state index contributed by atoms with van der Waals surface area (Å²) in [6.45, 7) is 6.61. The van der Waals surface area contributed by atoms with E-state index in [2.05, 4.69) is 42.2 Å². The van der Waals surface area contributed by atoms with E-state index >= 15 is 0 Å². The van der Waals surface area contributed by atoms with Crippen molar-refractivity contribution in [2.75, 3.05) is 12.4 Å². The van der Waals surface area contributed by atoms with Gasteiger partial charge in [0.05, 0.1) is 13.2 Å². The first-order chi connectivity index (χ1) is 9.99. The molecule has 1 aliphatic heterocycles. The van der Waals surface area contributed by atoms with Crippen molar-refractivity contribution < 1.29 is 4.74 Å². The van der Waals surface area contributed by atoms with Crippen LogP contribution in [0.4, 0.5) is 5.95 Å². The Labute approximate surface area is 124 Å². The standard InChI is InChI=1S/C16H20N4O/c1-16(2,3)14-9-13(19-15-17-10-18-20(14)15)11-5-7-12(21-4)8-6-11/h5-10,14H,1-4H3,(H,17,18,19). The van der Waals surface area contributed by atoms with Crippen molar-refractivity contribution in [3.8, 4) is 5.75 Å². The maximum absolute atomic E-state index is 5.21. The van der Waals surface area contributed by atoms with Gasteiger partial charge in [-0.15, -0.1) is 0 Å². The Bertz CT molecular complexity index is 664. The van der Waals surface area contributed by atoms with E-state index in [1.54, 1.807) is 13.4 Å². The van der Waals surface area contributed by atoms with E-state index in [1.807, 2.05) is 28.9 Å². The summed E-state index contributed by atoms with van der Waals surface area (Å²) in [5.74, 6) is 1.63. The van der Waals surface area contributed by atoms with E-state index < -0.39 is 0 Å². The molecule has 0 spiro atoms. The van der Waals surface area contributed by atoms with Gasteiger partial charge in [-0.2, -0.15) is 10.1 Å². The minimum atomic E-state index is 0.0578. The molecule has 1 unspecified atom stereocenters. The summed E-state index contributed by atoms with van der Waals surface area (Å²) in [5, 5.41) is 7.68. The molecule has 1 aromatic carbocycles. The van der Waals surface area contributed by atoms with Crippen LogP contribution in [0, 0.1) is 5.41 Å². The van der Waals surface area contributed by atoms with Gasteiger partial charge in [0.2, 0.25) is 5.95 Å². The van der Waals surface area contributed by atoms with Crippen LogP contribution < -0.4 is 10.1 Å². The van der Waals surface area contributed by atoms with E-state index in [0.29, 0.717) is 0 Å². The number of hydrogen-bond acceptors (Lipinski definition) is 4. The molecular weight excluding hydrogens is 264 g/mol. The van der Waals surface area contributed by atoms with E-state index in [4.69, 9.17) is 4.74 Å². The van der Waals surface area contributed by atoms with Crippen LogP contribution in [0.2, 0.25) is 0 Å². The maximum atomic E-state index is 5.21. The second kappa shape index (κ2) is 4.91. The van der Waals surface area contributed by atoms with E-state index in [0.717, 1.165) is 23.0 Å². The van der Waals surface area contributed by atoms with Gasteiger partial charge in [-0.05, 0) is 41.3 Å². The number of anilines is 1. The number of allylic oxidation sites excluding steroid dienone is 1. The van der Waals surface area contributed by atoms with E-state index in [-0.39, 0.29) is 11.5 Å². The van der Waals surface area contributed by atoms with Gasteiger partial charge in [-0.25, -0.2) is 4.68 Å². The third kappa shape index (κ3) is 2.51. The molecule has 0 fully saturated rings. The SMILES string of the molecule is COc1ccc(C2=CC(C(C)(C)C)n3ncnc3N2)cc1. The number of benzene rings is 1. The molecular formula is C16H20N4O. The summed E-state index contributed by atoms with van der Waals surface area (Å²) in [4.78, 5) is 4.31. The summed E-state index contributed by atoms with van der Waals surface area (Å²) in [7, 11) is 1.67. The molecule has 1 aliphatic rings. The fourth-order valence-electron chi connectivity index (χ4n) is 2.49. The van der Waals surface area contributed by atoms with Gasteiger partial charge in [-0.3, -0.25) is 0 Å². The van der Waals surface area contributed by atoms with Crippen molar-refractivity contribution in [3.63, 3.8) is 0 Å². The first kappa shape index (κ1) is 13.7. The fraction of sp³-hybridized carbons (Fsp3) is 0.375. The van der Waals surface area contributed by atoms with Crippen LogP contribution in [0.15, 0.2) is 36.7 Å². The van der Waals surface area contributed by atoms with Crippen LogP contribution in [0.5, 0.6) is 5.75 Å². The number of hydrogen-bond donors (Lipinski definition) is 1. The smallest absolute Gasteiger partial charge is 0.226 e. The molecule has 1 aromatic heterocycles.